The summed E-state index contributed by atoms with van der Waals surface area (Å²) in [7, 11) is -1.98. The maximum Gasteiger partial charge on any atom is 0.600 e. The Morgan fingerprint density at radius 2 is 1.72 bits per heavy atom. The minimum Gasteiger partial charge on any atom is -1.00 e. The lowest BCUT2D eigenvalue weighted by molar-refractivity contribution is -0.0868. The number of hydrogen-bond acceptors (Lipinski definition) is 0. The minimum atomic E-state index is -4.34. The van der Waals surface area contributed by atoms with E-state index in [1.54, 1.807) is 13.8 Å². The van der Waals surface area contributed by atoms with Gasteiger partial charge in [0, 0.05) is 23.4 Å². The molecule has 0 N–H and O–H groups in total. The van der Waals surface area contributed by atoms with Crippen molar-refractivity contribution in [2.45, 2.75) is 25.3 Å². The van der Waals surface area contributed by atoms with Crippen molar-refractivity contribution in [1.82, 2.24) is 0 Å². The minimum absolute atomic E-state index is 0. The summed E-state index contributed by atoms with van der Waals surface area (Å²) in [6.45, 7) is 3.44. The Balaban J connectivity index is 0.00000162. The molecule has 2 rings (SSSR count). The van der Waals surface area contributed by atoms with Crippen molar-refractivity contribution in [3.8, 4) is 0 Å². The molecule has 0 aliphatic rings. The van der Waals surface area contributed by atoms with Crippen LogP contribution in [0.25, 0.3) is 10.1 Å². The quantitative estimate of drug-likeness (QED) is 0.551. The Bertz CT molecular complexity index is 557. The van der Waals surface area contributed by atoms with Crippen molar-refractivity contribution >= 4 is 20.6 Å². The number of halogens is 5. The fraction of sp³-hybridized carbons (Fsp3) is 0.333. The largest absolute Gasteiger partial charge is 1.00 e. The van der Waals surface area contributed by atoms with E-state index in [0.29, 0.717) is 10.3 Å². The van der Waals surface area contributed by atoms with Crippen LogP contribution in [0.5, 0.6) is 0 Å². The van der Waals surface area contributed by atoms with Crippen LogP contribution >= 0.6 is 10.5 Å². The second-order valence-corrected chi connectivity index (χ2v) is 6.12. The molecule has 2 aromatic rings. The summed E-state index contributed by atoms with van der Waals surface area (Å²) in [6.07, 6.45) is 0. The number of alkyl halides is 3. The van der Waals surface area contributed by atoms with E-state index < -0.39 is 21.8 Å². The van der Waals surface area contributed by atoms with Gasteiger partial charge in [0.25, 0.3) is 0 Å². The molecular weight excluding hydrogens is 332 g/mol. The van der Waals surface area contributed by atoms with E-state index >= 15 is 0 Å². The highest BCUT2D eigenvalue weighted by Gasteiger charge is 2.48. The molecule has 0 spiro atoms. The van der Waals surface area contributed by atoms with E-state index in [0.717, 1.165) is 6.07 Å². The first-order valence-electron chi connectivity index (χ1n) is 5.13. The zero-order valence-corrected chi connectivity index (χ0v) is 12.1. The third kappa shape index (κ3) is 2.69. The Kier molecular flexibility index (Phi) is 4.43. The van der Waals surface area contributed by atoms with Gasteiger partial charge < -0.3 is 17.0 Å². The molecule has 0 aliphatic carbocycles. The van der Waals surface area contributed by atoms with Crippen molar-refractivity contribution in [3.05, 3.63) is 35.0 Å². The van der Waals surface area contributed by atoms with E-state index in [1.807, 2.05) is 0 Å². The molecule has 0 saturated carbocycles. The molecule has 18 heavy (non-hydrogen) atoms. The molecule has 1 unspecified atom stereocenters. The summed E-state index contributed by atoms with van der Waals surface area (Å²) in [4.78, 5) is 0.332. The lowest BCUT2D eigenvalue weighted by atomic mass is 10.1. The van der Waals surface area contributed by atoms with Gasteiger partial charge in [-0.15, -0.1) is 13.2 Å². The van der Waals surface area contributed by atoms with Crippen molar-refractivity contribution < 1.29 is 34.5 Å². The standard InChI is InChI=1S/C12H11F4S.BrH/c1-7(2)10-5-8-3-4-9(13)6-11(8)17(10)12(14,15)16;/h3-7H,1-2H3;1H/q+1;/p-1. The molecular formula is C12H11BrF4S. The van der Waals surface area contributed by atoms with Crippen LogP contribution in [-0.4, -0.2) is 0 Å². The van der Waals surface area contributed by atoms with Gasteiger partial charge in [-0.1, -0.05) is 13.8 Å². The van der Waals surface area contributed by atoms with Gasteiger partial charge in [-0.25, -0.2) is 4.39 Å². The van der Waals surface area contributed by atoms with Crippen LogP contribution < -0.4 is 17.0 Å². The SMILES string of the molecule is CC(C)c1cc2ccc(F)cc2[s+]1C(F)(F)F.[Br-]. The molecule has 1 heterocycles. The number of thiophene rings is 1. The summed E-state index contributed by atoms with van der Waals surface area (Å²) < 4.78 is 52.2. The molecule has 0 aliphatic heterocycles. The second-order valence-electron chi connectivity index (χ2n) is 4.14. The summed E-state index contributed by atoms with van der Waals surface area (Å²) in [5, 5.41) is 0.482. The fourth-order valence-electron chi connectivity index (χ4n) is 1.80. The topological polar surface area (TPSA) is 0 Å². The first-order valence-corrected chi connectivity index (χ1v) is 6.35. The molecule has 0 amide bonds. The van der Waals surface area contributed by atoms with Gasteiger partial charge in [0.05, 0.1) is 10.5 Å². The molecule has 100 valence electrons. The van der Waals surface area contributed by atoms with Gasteiger partial charge in [0.2, 0.25) is 0 Å². The van der Waals surface area contributed by atoms with E-state index in [2.05, 4.69) is 0 Å². The van der Waals surface area contributed by atoms with Crippen LogP contribution in [-0.2, 0) is 5.51 Å². The average Bonchev–Trinajstić information content (AvgIpc) is 2.55. The molecule has 1 aromatic heterocycles. The Hall–Kier alpha value is -0.620. The van der Waals surface area contributed by atoms with E-state index in [-0.39, 0.29) is 27.6 Å². The molecule has 0 saturated heterocycles. The maximum absolute atomic E-state index is 13.1. The monoisotopic (exact) mass is 342 g/mol. The van der Waals surface area contributed by atoms with Crippen molar-refractivity contribution in [2.75, 3.05) is 0 Å². The molecule has 0 nitrogen and oxygen atoms in total. The number of hydrogen-bond donors (Lipinski definition) is 0. The highest BCUT2D eigenvalue weighted by molar-refractivity contribution is 7.38. The first-order chi connectivity index (χ1) is 7.80. The van der Waals surface area contributed by atoms with Gasteiger partial charge in [-0.05, 0) is 12.1 Å². The molecule has 1 aromatic carbocycles. The predicted octanol–water partition coefficient (Wildman–Crippen LogP) is 2.33. The highest BCUT2D eigenvalue weighted by atomic mass is 79.9. The van der Waals surface area contributed by atoms with E-state index in [1.165, 1.54) is 18.2 Å². The van der Waals surface area contributed by atoms with Gasteiger partial charge >= 0.3 is 5.51 Å². The fourth-order valence-corrected chi connectivity index (χ4v) is 3.88. The molecule has 6 heteroatoms. The third-order valence-corrected chi connectivity index (χ3v) is 4.85. The second kappa shape index (κ2) is 5.17. The van der Waals surface area contributed by atoms with Gasteiger partial charge in [0.15, 0.2) is 9.58 Å². The van der Waals surface area contributed by atoms with Crippen LogP contribution in [0.2, 0.25) is 0 Å². The maximum atomic E-state index is 13.1. The summed E-state index contributed by atoms with van der Waals surface area (Å²) in [5.41, 5.74) is -4.34. The normalized spacial score (nSPS) is 12.9. The number of fused-ring (bicyclic) bond motifs is 1. The molecule has 0 radical (unpaired) electrons. The Morgan fingerprint density at radius 1 is 1.11 bits per heavy atom. The smallest absolute Gasteiger partial charge is 0.600 e. The van der Waals surface area contributed by atoms with Crippen LogP contribution in [0.4, 0.5) is 17.6 Å². The predicted molar refractivity (Wildman–Crippen MR) is 61.8 cm³/mol. The van der Waals surface area contributed by atoms with E-state index in [4.69, 9.17) is 0 Å². The van der Waals surface area contributed by atoms with Gasteiger partial charge in [-0.2, -0.15) is 0 Å². The van der Waals surface area contributed by atoms with Gasteiger partial charge in [0.1, 0.15) is 5.82 Å². The number of benzene rings is 1. The Morgan fingerprint density at radius 3 is 2.22 bits per heavy atom. The zero-order chi connectivity index (χ0) is 12.8. The summed E-state index contributed by atoms with van der Waals surface area (Å²) >= 11 is 0. The highest BCUT2D eigenvalue weighted by Crippen LogP contribution is 2.52. The lowest BCUT2D eigenvalue weighted by Crippen LogP contribution is -3.00. The van der Waals surface area contributed by atoms with Crippen LogP contribution in [0.1, 0.15) is 24.6 Å². The van der Waals surface area contributed by atoms with E-state index in [9.17, 15) is 17.6 Å². The molecule has 0 fully saturated rings. The van der Waals surface area contributed by atoms with Crippen molar-refractivity contribution in [1.29, 1.82) is 0 Å². The number of rotatable bonds is 1. The zero-order valence-electron chi connectivity index (χ0n) is 9.68. The van der Waals surface area contributed by atoms with Crippen molar-refractivity contribution in [2.24, 2.45) is 0 Å². The Labute approximate surface area is 115 Å². The summed E-state index contributed by atoms with van der Waals surface area (Å²) in [5.74, 6) is -0.820. The average molecular weight is 343 g/mol. The van der Waals surface area contributed by atoms with Crippen LogP contribution in [0, 0.1) is 5.82 Å². The lowest BCUT2D eigenvalue weighted by Gasteiger charge is -2.02. The van der Waals surface area contributed by atoms with Crippen LogP contribution in [0.15, 0.2) is 24.3 Å². The van der Waals surface area contributed by atoms with Crippen molar-refractivity contribution in [3.63, 3.8) is 0 Å². The first kappa shape index (κ1) is 15.4. The molecule has 1 atom stereocenters. The third-order valence-electron chi connectivity index (χ3n) is 2.53. The van der Waals surface area contributed by atoms with Crippen LogP contribution in [0.3, 0.4) is 0 Å². The molecule has 0 bridgehead atoms. The summed E-state index contributed by atoms with van der Waals surface area (Å²) in [6, 6.07) is 5.14. The van der Waals surface area contributed by atoms with Gasteiger partial charge in [-0.3, -0.25) is 0 Å².